The summed E-state index contributed by atoms with van der Waals surface area (Å²) in [5.41, 5.74) is 1.59. The molecule has 1 aliphatic rings. The number of rotatable bonds is 6. The largest absolute Gasteiger partial charge is 0.373 e. The average molecular weight is 425 g/mol. The third kappa shape index (κ3) is 5.51. The highest BCUT2D eigenvalue weighted by Gasteiger charge is 2.30. The zero-order chi connectivity index (χ0) is 20.1. The number of morpholine rings is 1. The van der Waals surface area contributed by atoms with Gasteiger partial charge in [-0.1, -0.05) is 0 Å². The van der Waals surface area contributed by atoms with Crippen LogP contribution in [0.1, 0.15) is 13.8 Å². The van der Waals surface area contributed by atoms with Crippen LogP contribution >= 0.6 is 11.3 Å². The predicted octanol–water partition coefficient (Wildman–Crippen LogP) is 2.37. The van der Waals surface area contributed by atoms with Gasteiger partial charge in [0.15, 0.2) is 0 Å². The summed E-state index contributed by atoms with van der Waals surface area (Å²) in [6.07, 6.45) is 1.47. The number of carbonyl (C=O) groups is 1. The standard InChI is InChI=1S/C18H24N4O4S2/c1-13-11-22(12-14(2)26-13)28(24,25)10-8-20-18(23)21-16-5-3-15(4-6-16)17-19-7-9-27-17/h3-7,9,13-14H,8,10-12H2,1-2H3,(H2,20,21,23)/t13-,14-/m0/s1. The molecular formula is C18H24N4O4S2. The number of amides is 2. The topological polar surface area (TPSA) is 101 Å². The maximum absolute atomic E-state index is 12.5. The van der Waals surface area contributed by atoms with Crippen molar-refractivity contribution in [2.24, 2.45) is 0 Å². The SMILES string of the molecule is C[C@H]1CN(S(=O)(=O)CCNC(=O)Nc2ccc(-c3nccs3)cc2)C[C@H](C)O1. The molecule has 1 aromatic heterocycles. The van der Waals surface area contributed by atoms with Gasteiger partial charge in [-0.15, -0.1) is 11.3 Å². The summed E-state index contributed by atoms with van der Waals surface area (Å²) in [7, 11) is -3.44. The monoisotopic (exact) mass is 424 g/mol. The molecule has 1 aromatic carbocycles. The van der Waals surface area contributed by atoms with E-state index in [0.29, 0.717) is 18.8 Å². The smallest absolute Gasteiger partial charge is 0.319 e. The normalized spacial score (nSPS) is 20.6. The number of benzene rings is 1. The summed E-state index contributed by atoms with van der Waals surface area (Å²) >= 11 is 1.54. The Labute approximate surface area is 169 Å². The fourth-order valence-electron chi connectivity index (χ4n) is 3.02. The lowest BCUT2D eigenvalue weighted by Gasteiger charge is -2.34. The number of aromatic nitrogens is 1. The Morgan fingerprint density at radius 2 is 1.93 bits per heavy atom. The van der Waals surface area contributed by atoms with E-state index in [4.69, 9.17) is 4.74 Å². The van der Waals surface area contributed by atoms with E-state index in [1.54, 1.807) is 29.7 Å². The molecule has 0 bridgehead atoms. The van der Waals surface area contributed by atoms with Gasteiger partial charge in [-0.2, -0.15) is 4.31 Å². The van der Waals surface area contributed by atoms with Gasteiger partial charge >= 0.3 is 6.03 Å². The number of anilines is 1. The summed E-state index contributed by atoms with van der Waals surface area (Å²) in [6, 6.07) is 6.87. The number of ether oxygens (including phenoxy) is 1. The van der Waals surface area contributed by atoms with Crippen molar-refractivity contribution in [3.05, 3.63) is 35.8 Å². The van der Waals surface area contributed by atoms with Crippen LogP contribution in [-0.4, -0.2) is 61.3 Å². The number of hydrogen-bond donors (Lipinski definition) is 2. The van der Waals surface area contributed by atoms with Crippen LogP contribution in [-0.2, 0) is 14.8 Å². The minimum atomic E-state index is -3.44. The lowest BCUT2D eigenvalue weighted by Crippen LogP contribution is -2.49. The van der Waals surface area contributed by atoms with Gasteiger partial charge in [0, 0.05) is 42.5 Å². The zero-order valence-corrected chi connectivity index (χ0v) is 17.4. The van der Waals surface area contributed by atoms with Gasteiger partial charge < -0.3 is 15.4 Å². The number of sulfonamides is 1. The van der Waals surface area contributed by atoms with Crippen LogP contribution in [0.15, 0.2) is 35.8 Å². The molecule has 2 heterocycles. The molecule has 8 nitrogen and oxygen atoms in total. The number of carbonyl (C=O) groups excluding carboxylic acids is 1. The van der Waals surface area contributed by atoms with E-state index in [2.05, 4.69) is 15.6 Å². The van der Waals surface area contributed by atoms with Gasteiger partial charge in [-0.05, 0) is 38.1 Å². The van der Waals surface area contributed by atoms with Crippen molar-refractivity contribution in [1.29, 1.82) is 0 Å². The molecule has 152 valence electrons. The van der Waals surface area contributed by atoms with E-state index in [9.17, 15) is 13.2 Å². The molecule has 1 aliphatic heterocycles. The Bertz CT molecular complexity index is 875. The van der Waals surface area contributed by atoms with Crippen molar-refractivity contribution in [3.8, 4) is 10.6 Å². The first-order valence-corrected chi connectivity index (χ1v) is 11.5. The highest BCUT2D eigenvalue weighted by atomic mass is 32.2. The van der Waals surface area contributed by atoms with Crippen LogP contribution in [0.3, 0.4) is 0 Å². The minimum Gasteiger partial charge on any atom is -0.373 e. The van der Waals surface area contributed by atoms with Crippen LogP contribution in [0.25, 0.3) is 10.6 Å². The highest BCUT2D eigenvalue weighted by Crippen LogP contribution is 2.23. The molecule has 0 unspecified atom stereocenters. The first-order chi connectivity index (χ1) is 13.3. The molecule has 10 heteroatoms. The summed E-state index contributed by atoms with van der Waals surface area (Å²) in [5.74, 6) is -0.150. The van der Waals surface area contributed by atoms with Crippen molar-refractivity contribution in [2.75, 3.05) is 30.7 Å². The molecular weight excluding hydrogens is 400 g/mol. The van der Waals surface area contributed by atoms with E-state index < -0.39 is 16.1 Å². The van der Waals surface area contributed by atoms with Crippen LogP contribution in [0.2, 0.25) is 0 Å². The van der Waals surface area contributed by atoms with Crippen molar-refractivity contribution in [3.63, 3.8) is 0 Å². The number of urea groups is 1. The number of nitrogens with zero attached hydrogens (tertiary/aromatic N) is 2. The van der Waals surface area contributed by atoms with E-state index in [0.717, 1.165) is 10.6 Å². The Morgan fingerprint density at radius 1 is 1.25 bits per heavy atom. The molecule has 1 fully saturated rings. The van der Waals surface area contributed by atoms with Crippen molar-refractivity contribution < 1.29 is 17.9 Å². The fourth-order valence-corrected chi connectivity index (χ4v) is 5.15. The molecule has 0 aliphatic carbocycles. The quantitative estimate of drug-likeness (QED) is 0.741. The maximum Gasteiger partial charge on any atom is 0.319 e. The molecule has 2 N–H and O–H groups in total. The molecule has 0 spiro atoms. The lowest BCUT2D eigenvalue weighted by molar-refractivity contribution is -0.0440. The molecule has 28 heavy (non-hydrogen) atoms. The summed E-state index contributed by atoms with van der Waals surface area (Å²) in [4.78, 5) is 16.3. The molecule has 1 saturated heterocycles. The fraction of sp³-hybridized carbons (Fsp3) is 0.444. The molecule has 0 radical (unpaired) electrons. The third-order valence-electron chi connectivity index (χ3n) is 4.25. The lowest BCUT2D eigenvalue weighted by atomic mass is 10.2. The summed E-state index contributed by atoms with van der Waals surface area (Å²) in [5, 5.41) is 8.11. The maximum atomic E-state index is 12.5. The van der Waals surface area contributed by atoms with Gasteiger partial charge in [0.05, 0.1) is 18.0 Å². The molecule has 2 aromatic rings. The first kappa shape index (κ1) is 20.7. The summed E-state index contributed by atoms with van der Waals surface area (Å²) < 4.78 is 31.9. The number of nitrogens with one attached hydrogen (secondary N) is 2. The second-order valence-electron chi connectivity index (χ2n) is 6.69. The van der Waals surface area contributed by atoms with Crippen LogP contribution in [0.5, 0.6) is 0 Å². The van der Waals surface area contributed by atoms with E-state index in [1.807, 2.05) is 31.4 Å². The third-order valence-corrected chi connectivity index (χ3v) is 6.87. The Kier molecular flexibility index (Phi) is 6.65. The first-order valence-electron chi connectivity index (χ1n) is 9.01. The van der Waals surface area contributed by atoms with Crippen molar-refractivity contribution in [2.45, 2.75) is 26.1 Å². The van der Waals surface area contributed by atoms with Crippen LogP contribution < -0.4 is 10.6 Å². The molecule has 0 saturated carbocycles. The van der Waals surface area contributed by atoms with Gasteiger partial charge in [0.25, 0.3) is 0 Å². The number of thiazole rings is 1. The highest BCUT2D eigenvalue weighted by molar-refractivity contribution is 7.89. The summed E-state index contributed by atoms with van der Waals surface area (Å²) in [6.45, 7) is 4.41. The van der Waals surface area contributed by atoms with Crippen LogP contribution in [0, 0.1) is 0 Å². The van der Waals surface area contributed by atoms with Gasteiger partial charge in [0.1, 0.15) is 5.01 Å². The van der Waals surface area contributed by atoms with Crippen molar-refractivity contribution in [1.82, 2.24) is 14.6 Å². The predicted molar refractivity (Wildman–Crippen MR) is 110 cm³/mol. The molecule has 2 amide bonds. The Hall–Kier alpha value is -2.01. The average Bonchev–Trinajstić information content (AvgIpc) is 3.16. The van der Waals surface area contributed by atoms with E-state index >= 15 is 0 Å². The Balaban J connectivity index is 1.46. The Morgan fingerprint density at radius 3 is 2.54 bits per heavy atom. The number of hydrogen-bond acceptors (Lipinski definition) is 6. The molecule has 2 atom stereocenters. The zero-order valence-electron chi connectivity index (χ0n) is 15.8. The van der Waals surface area contributed by atoms with Gasteiger partial charge in [0.2, 0.25) is 10.0 Å². The van der Waals surface area contributed by atoms with Crippen molar-refractivity contribution >= 4 is 33.1 Å². The van der Waals surface area contributed by atoms with Crippen LogP contribution in [0.4, 0.5) is 10.5 Å². The van der Waals surface area contributed by atoms with Gasteiger partial charge in [-0.25, -0.2) is 18.2 Å². The van der Waals surface area contributed by atoms with E-state index in [-0.39, 0.29) is 24.5 Å². The molecule has 3 rings (SSSR count). The second-order valence-corrected chi connectivity index (χ2v) is 9.67. The minimum absolute atomic E-state index is 0.0332. The second kappa shape index (κ2) is 8.99. The van der Waals surface area contributed by atoms with Gasteiger partial charge in [-0.3, -0.25) is 0 Å². The van der Waals surface area contributed by atoms with E-state index in [1.165, 1.54) is 4.31 Å².